The number of rotatable bonds is 3. The normalized spacial score (nSPS) is 24.7. The first-order valence-electron chi connectivity index (χ1n) is 5.58. The van der Waals surface area contributed by atoms with E-state index in [1.165, 1.54) is 19.3 Å². The highest BCUT2D eigenvalue weighted by Gasteiger charge is 2.23. The van der Waals surface area contributed by atoms with Crippen LogP contribution in [0.15, 0.2) is 6.20 Å². The van der Waals surface area contributed by atoms with Crippen LogP contribution in [-0.4, -0.2) is 16.5 Å². The Balaban J connectivity index is 1.96. The number of anilines is 1. The van der Waals surface area contributed by atoms with E-state index in [1.807, 2.05) is 0 Å². The fourth-order valence-corrected chi connectivity index (χ4v) is 2.36. The van der Waals surface area contributed by atoms with Crippen molar-refractivity contribution < 1.29 is 4.39 Å². The van der Waals surface area contributed by atoms with Crippen LogP contribution in [0, 0.1) is 17.7 Å². The third-order valence-corrected chi connectivity index (χ3v) is 3.47. The van der Waals surface area contributed by atoms with Crippen LogP contribution in [0.2, 0.25) is 5.28 Å². The molecule has 1 aromatic heterocycles. The van der Waals surface area contributed by atoms with Gasteiger partial charge < -0.3 is 5.32 Å². The summed E-state index contributed by atoms with van der Waals surface area (Å²) in [5, 5.41) is 3.09. The fourth-order valence-electron chi connectivity index (χ4n) is 2.22. The first kappa shape index (κ1) is 11.6. The summed E-state index contributed by atoms with van der Waals surface area (Å²) >= 11 is 5.61. The molecular formula is C11H15ClFN3. The molecule has 2 atom stereocenters. The minimum Gasteiger partial charge on any atom is -0.367 e. The number of hydrogen-bond acceptors (Lipinski definition) is 3. The summed E-state index contributed by atoms with van der Waals surface area (Å²) in [4.78, 5) is 7.40. The van der Waals surface area contributed by atoms with Gasteiger partial charge in [-0.3, -0.25) is 0 Å². The van der Waals surface area contributed by atoms with Gasteiger partial charge >= 0.3 is 0 Å². The summed E-state index contributed by atoms with van der Waals surface area (Å²) < 4.78 is 13.3. The first-order valence-corrected chi connectivity index (χ1v) is 5.96. The summed E-state index contributed by atoms with van der Waals surface area (Å²) in [7, 11) is 0. The average Bonchev–Trinajstić information content (AvgIpc) is 2.66. The molecule has 1 aromatic rings. The minimum atomic E-state index is -0.449. The lowest BCUT2D eigenvalue weighted by molar-refractivity contribution is 0.438. The van der Waals surface area contributed by atoms with Gasteiger partial charge in [-0.25, -0.2) is 9.37 Å². The van der Waals surface area contributed by atoms with Gasteiger partial charge in [-0.15, -0.1) is 0 Å². The van der Waals surface area contributed by atoms with E-state index in [4.69, 9.17) is 11.6 Å². The monoisotopic (exact) mass is 243 g/mol. The minimum absolute atomic E-state index is 0.0726. The van der Waals surface area contributed by atoms with Gasteiger partial charge in [0.05, 0.1) is 6.20 Å². The van der Waals surface area contributed by atoms with Crippen LogP contribution < -0.4 is 5.32 Å². The van der Waals surface area contributed by atoms with Gasteiger partial charge in [0.15, 0.2) is 11.6 Å². The summed E-state index contributed by atoms with van der Waals surface area (Å²) in [5.74, 6) is 1.06. The maximum Gasteiger partial charge on any atom is 0.224 e. The van der Waals surface area contributed by atoms with Gasteiger partial charge in [0, 0.05) is 6.54 Å². The molecule has 1 aliphatic rings. The zero-order valence-electron chi connectivity index (χ0n) is 9.21. The zero-order chi connectivity index (χ0) is 11.5. The van der Waals surface area contributed by atoms with Crippen molar-refractivity contribution in [2.75, 3.05) is 11.9 Å². The highest BCUT2D eigenvalue weighted by atomic mass is 35.5. The molecule has 1 fully saturated rings. The van der Waals surface area contributed by atoms with Crippen LogP contribution in [0.1, 0.15) is 26.2 Å². The van der Waals surface area contributed by atoms with Crippen molar-refractivity contribution >= 4 is 17.4 Å². The SMILES string of the molecule is CC1CCCC1CNc1nc(Cl)ncc1F. The second-order valence-corrected chi connectivity index (χ2v) is 4.72. The van der Waals surface area contributed by atoms with Crippen molar-refractivity contribution in [1.82, 2.24) is 9.97 Å². The van der Waals surface area contributed by atoms with E-state index in [-0.39, 0.29) is 11.1 Å². The lowest BCUT2D eigenvalue weighted by atomic mass is 9.98. The molecule has 1 N–H and O–H groups in total. The Labute approximate surface area is 99.4 Å². The Morgan fingerprint density at radius 2 is 2.38 bits per heavy atom. The van der Waals surface area contributed by atoms with Crippen molar-refractivity contribution in [2.45, 2.75) is 26.2 Å². The molecule has 88 valence electrons. The molecule has 0 radical (unpaired) electrons. The Morgan fingerprint density at radius 3 is 3.06 bits per heavy atom. The molecule has 16 heavy (non-hydrogen) atoms. The van der Waals surface area contributed by atoms with Gasteiger partial charge in [-0.1, -0.05) is 19.8 Å². The molecule has 2 rings (SSSR count). The number of hydrogen-bond donors (Lipinski definition) is 1. The van der Waals surface area contributed by atoms with Crippen LogP contribution in [-0.2, 0) is 0 Å². The molecule has 0 saturated heterocycles. The lowest BCUT2D eigenvalue weighted by Gasteiger charge is -2.16. The van der Waals surface area contributed by atoms with Crippen molar-refractivity contribution in [3.05, 3.63) is 17.3 Å². The van der Waals surface area contributed by atoms with Crippen molar-refractivity contribution in [3.8, 4) is 0 Å². The molecule has 1 heterocycles. The quantitative estimate of drug-likeness (QED) is 0.829. The molecule has 1 aliphatic carbocycles. The van der Waals surface area contributed by atoms with E-state index in [0.29, 0.717) is 11.8 Å². The lowest BCUT2D eigenvalue weighted by Crippen LogP contribution is -2.17. The van der Waals surface area contributed by atoms with Gasteiger partial charge in [0.1, 0.15) is 0 Å². The van der Waals surface area contributed by atoms with Crippen molar-refractivity contribution in [1.29, 1.82) is 0 Å². The predicted molar refractivity (Wildman–Crippen MR) is 62.0 cm³/mol. The summed E-state index contributed by atoms with van der Waals surface area (Å²) in [6.45, 7) is 2.99. The second kappa shape index (κ2) is 4.95. The van der Waals surface area contributed by atoms with Gasteiger partial charge in [0.2, 0.25) is 5.28 Å². The maximum atomic E-state index is 13.3. The highest BCUT2D eigenvalue weighted by Crippen LogP contribution is 2.31. The van der Waals surface area contributed by atoms with Crippen molar-refractivity contribution in [3.63, 3.8) is 0 Å². The maximum absolute atomic E-state index is 13.3. The van der Waals surface area contributed by atoms with E-state index >= 15 is 0 Å². The number of nitrogens with zero attached hydrogens (tertiary/aromatic N) is 2. The molecule has 0 spiro atoms. The molecule has 5 heteroatoms. The average molecular weight is 244 g/mol. The second-order valence-electron chi connectivity index (χ2n) is 4.38. The van der Waals surface area contributed by atoms with Gasteiger partial charge in [0.25, 0.3) is 0 Å². The van der Waals surface area contributed by atoms with E-state index in [2.05, 4.69) is 22.2 Å². The van der Waals surface area contributed by atoms with Gasteiger partial charge in [-0.05, 0) is 29.9 Å². The summed E-state index contributed by atoms with van der Waals surface area (Å²) in [6.07, 6.45) is 4.82. The number of aromatic nitrogens is 2. The van der Waals surface area contributed by atoms with Crippen LogP contribution in [0.25, 0.3) is 0 Å². The largest absolute Gasteiger partial charge is 0.367 e. The Bertz CT molecular complexity index is 372. The third kappa shape index (κ3) is 2.61. The van der Waals surface area contributed by atoms with E-state index in [0.717, 1.165) is 12.7 Å². The molecule has 3 nitrogen and oxygen atoms in total. The first-order chi connectivity index (χ1) is 7.66. The topological polar surface area (TPSA) is 37.8 Å². The Morgan fingerprint density at radius 1 is 1.56 bits per heavy atom. The number of halogens is 2. The van der Waals surface area contributed by atoms with E-state index in [9.17, 15) is 4.39 Å². The predicted octanol–water partition coefficient (Wildman–Crippen LogP) is 3.12. The molecule has 1 saturated carbocycles. The van der Waals surface area contributed by atoms with Crippen LogP contribution in [0.4, 0.5) is 10.2 Å². The fraction of sp³-hybridized carbons (Fsp3) is 0.636. The molecule has 0 aromatic carbocycles. The molecule has 0 aliphatic heterocycles. The molecule has 2 unspecified atom stereocenters. The molecule has 0 amide bonds. The molecular weight excluding hydrogens is 229 g/mol. The van der Waals surface area contributed by atoms with Crippen LogP contribution in [0.5, 0.6) is 0 Å². The van der Waals surface area contributed by atoms with Crippen LogP contribution >= 0.6 is 11.6 Å². The van der Waals surface area contributed by atoms with E-state index < -0.39 is 5.82 Å². The Hall–Kier alpha value is -0.900. The Kier molecular flexibility index (Phi) is 3.59. The van der Waals surface area contributed by atoms with Gasteiger partial charge in [-0.2, -0.15) is 4.98 Å². The standard InChI is InChI=1S/C11H15ClFN3/c1-7-3-2-4-8(7)5-14-10-9(13)6-15-11(12)16-10/h6-8H,2-5H2,1H3,(H,14,15,16). The van der Waals surface area contributed by atoms with Crippen LogP contribution in [0.3, 0.4) is 0 Å². The zero-order valence-corrected chi connectivity index (χ0v) is 9.97. The number of nitrogens with one attached hydrogen (secondary N) is 1. The van der Waals surface area contributed by atoms with E-state index in [1.54, 1.807) is 0 Å². The third-order valence-electron chi connectivity index (χ3n) is 3.29. The summed E-state index contributed by atoms with van der Waals surface area (Å²) in [6, 6.07) is 0. The summed E-state index contributed by atoms with van der Waals surface area (Å²) in [5.41, 5.74) is 0. The molecule has 0 bridgehead atoms. The highest BCUT2D eigenvalue weighted by molar-refractivity contribution is 6.28. The van der Waals surface area contributed by atoms with Crippen molar-refractivity contribution in [2.24, 2.45) is 11.8 Å². The smallest absolute Gasteiger partial charge is 0.224 e.